The first-order chi connectivity index (χ1) is 15.1. The fourth-order valence-corrected chi connectivity index (χ4v) is 3.93. The highest BCUT2D eigenvalue weighted by Crippen LogP contribution is 2.24. The Morgan fingerprint density at radius 1 is 1.19 bits per heavy atom. The van der Waals surface area contributed by atoms with E-state index in [9.17, 15) is 4.79 Å². The summed E-state index contributed by atoms with van der Waals surface area (Å²) in [4.78, 5) is 15.1. The van der Waals surface area contributed by atoms with Gasteiger partial charge in [-0.05, 0) is 35.9 Å². The first-order valence-electron chi connectivity index (χ1n) is 10.2. The van der Waals surface area contributed by atoms with Crippen molar-refractivity contribution >= 4 is 21.8 Å². The molecule has 8 heteroatoms. The van der Waals surface area contributed by atoms with Gasteiger partial charge in [-0.25, -0.2) is 0 Å². The molecule has 0 aliphatic carbocycles. The van der Waals surface area contributed by atoms with E-state index in [1.165, 1.54) is 0 Å². The second-order valence-electron chi connectivity index (χ2n) is 7.32. The van der Waals surface area contributed by atoms with Crippen LogP contribution in [0, 0.1) is 0 Å². The number of H-pyrrole nitrogens is 1. The molecule has 0 spiro atoms. The van der Waals surface area contributed by atoms with Crippen molar-refractivity contribution in [3.8, 4) is 17.0 Å². The highest BCUT2D eigenvalue weighted by Gasteiger charge is 2.24. The molecule has 1 aliphatic rings. The van der Waals surface area contributed by atoms with Crippen LogP contribution in [0.3, 0.4) is 0 Å². The number of nitrogens with one attached hydrogen (secondary N) is 2. The predicted molar refractivity (Wildman–Crippen MR) is 122 cm³/mol. The molecule has 0 radical (unpaired) electrons. The minimum absolute atomic E-state index is 0.0487. The number of methoxy groups -OCH3 is 1. The lowest BCUT2D eigenvalue weighted by atomic mass is 10.0. The van der Waals surface area contributed by atoms with Gasteiger partial charge in [0, 0.05) is 29.7 Å². The van der Waals surface area contributed by atoms with Gasteiger partial charge in [-0.15, -0.1) is 0 Å². The van der Waals surface area contributed by atoms with E-state index in [2.05, 4.69) is 36.3 Å². The third-order valence-corrected chi connectivity index (χ3v) is 5.93. The minimum Gasteiger partial charge on any atom is -0.497 e. The summed E-state index contributed by atoms with van der Waals surface area (Å²) in [6.07, 6.45) is 0. The molecule has 3 aromatic rings. The van der Waals surface area contributed by atoms with Crippen LogP contribution >= 0.6 is 15.9 Å². The van der Waals surface area contributed by atoms with Crippen LogP contribution in [0.5, 0.6) is 5.75 Å². The number of carbonyl (C=O) groups excluding carboxylic acids is 1. The van der Waals surface area contributed by atoms with Gasteiger partial charge in [0.15, 0.2) is 0 Å². The van der Waals surface area contributed by atoms with E-state index < -0.39 is 0 Å². The number of ether oxygens (including phenoxy) is 2. The second-order valence-corrected chi connectivity index (χ2v) is 8.24. The Kier molecular flexibility index (Phi) is 7.01. The Balaban J connectivity index is 1.46. The molecule has 31 heavy (non-hydrogen) atoms. The summed E-state index contributed by atoms with van der Waals surface area (Å²) < 4.78 is 11.8. The number of nitrogens with zero attached hydrogens (tertiary/aromatic N) is 2. The van der Waals surface area contributed by atoms with E-state index >= 15 is 0 Å². The summed E-state index contributed by atoms with van der Waals surface area (Å²) in [6.45, 7) is 3.52. The van der Waals surface area contributed by atoms with Gasteiger partial charge in [-0.3, -0.25) is 14.8 Å². The van der Waals surface area contributed by atoms with Crippen LogP contribution in [0.1, 0.15) is 22.1 Å². The molecule has 4 rings (SSSR count). The van der Waals surface area contributed by atoms with Crippen molar-refractivity contribution in [3.63, 3.8) is 0 Å². The number of aromatic nitrogens is 2. The molecule has 1 aliphatic heterocycles. The number of morpholine rings is 1. The largest absolute Gasteiger partial charge is 0.497 e. The minimum atomic E-state index is -0.178. The van der Waals surface area contributed by atoms with E-state index in [-0.39, 0.29) is 11.9 Å². The number of hydrogen-bond donors (Lipinski definition) is 2. The Labute approximate surface area is 189 Å². The van der Waals surface area contributed by atoms with E-state index in [1.54, 1.807) is 13.2 Å². The highest BCUT2D eigenvalue weighted by molar-refractivity contribution is 9.10. The number of halogens is 1. The van der Waals surface area contributed by atoms with E-state index in [0.717, 1.165) is 40.1 Å². The average Bonchev–Trinajstić information content (AvgIpc) is 3.31. The lowest BCUT2D eigenvalue weighted by molar-refractivity contribution is 0.0162. The molecule has 2 heterocycles. The zero-order chi connectivity index (χ0) is 21.6. The van der Waals surface area contributed by atoms with E-state index in [0.29, 0.717) is 25.5 Å². The molecule has 2 aromatic carbocycles. The summed E-state index contributed by atoms with van der Waals surface area (Å²) in [5.41, 5.74) is 3.25. The molecule has 1 aromatic heterocycles. The van der Waals surface area contributed by atoms with E-state index in [4.69, 9.17) is 9.47 Å². The zero-order valence-electron chi connectivity index (χ0n) is 17.3. The zero-order valence-corrected chi connectivity index (χ0v) is 18.9. The number of amides is 1. The van der Waals surface area contributed by atoms with E-state index in [1.807, 2.05) is 48.5 Å². The molecular formula is C23H25BrN4O3. The lowest BCUT2D eigenvalue weighted by Gasteiger charge is -2.35. The summed E-state index contributed by atoms with van der Waals surface area (Å²) >= 11 is 3.43. The Hall–Kier alpha value is -2.68. The molecule has 1 fully saturated rings. The van der Waals surface area contributed by atoms with Gasteiger partial charge >= 0.3 is 0 Å². The molecule has 0 bridgehead atoms. The van der Waals surface area contributed by atoms with Crippen LogP contribution in [0.2, 0.25) is 0 Å². The van der Waals surface area contributed by atoms with Crippen molar-refractivity contribution in [2.75, 3.05) is 40.0 Å². The van der Waals surface area contributed by atoms with Crippen LogP contribution in [-0.2, 0) is 4.74 Å². The van der Waals surface area contributed by atoms with Crippen molar-refractivity contribution in [3.05, 3.63) is 70.3 Å². The monoisotopic (exact) mass is 484 g/mol. The maximum atomic E-state index is 12.8. The lowest BCUT2D eigenvalue weighted by Crippen LogP contribution is -2.43. The van der Waals surface area contributed by atoms with Crippen LogP contribution in [0.15, 0.2) is 59.1 Å². The molecule has 2 N–H and O–H groups in total. The molecule has 162 valence electrons. The summed E-state index contributed by atoms with van der Waals surface area (Å²) in [5.74, 6) is 0.633. The van der Waals surface area contributed by atoms with Crippen molar-refractivity contribution in [1.82, 2.24) is 20.4 Å². The molecule has 1 unspecified atom stereocenters. The molecule has 1 amide bonds. The topological polar surface area (TPSA) is 79.5 Å². The maximum absolute atomic E-state index is 12.8. The number of carbonyl (C=O) groups is 1. The summed E-state index contributed by atoms with van der Waals surface area (Å²) in [5, 5.41) is 10.2. The normalized spacial score (nSPS) is 15.4. The van der Waals surface area contributed by atoms with Crippen molar-refractivity contribution < 1.29 is 14.3 Å². The van der Waals surface area contributed by atoms with Crippen molar-refractivity contribution in [2.24, 2.45) is 0 Å². The number of benzene rings is 2. The van der Waals surface area contributed by atoms with Gasteiger partial charge < -0.3 is 14.8 Å². The van der Waals surface area contributed by atoms with Gasteiger partial charge in [0.25, 0.3) is 5.91 Å². The quantitative estimate of drug-likeness (QED) is 0.534. The van der Waals surface area contributed by atoms with Gasteiger partial charge in [-0.1, -0.05) is 40.2 Å². The fraction of sp³-hybridized carbons (Fsp3) is 0.304. The summed E-state index contributed by atoms with van der Waals surface area (Å²) in [7, 11) is 1.65. The molecule has 7 nitrogen and oxygen atoms in total. The fourth-order valence-electron chi connectivity index (χ4n) is 3.66. The molecule has 0 saturated carbocycles. The average molecular weight is 485 g/mol. The van der Waals surface area contributed by atoms with Crippen LogP contribution in [0.25, 0.3) is 11.3 Å². The Bertz CT molecular complexity index is 998. The third-order valence-electron chi connectivity index (χ3n) is 5.41. The van der Waals surface area contributed by atoms with Crippen LogP contribution < -0.4 is 10.1 Å². The smallest absolute Gasteiger partial charge is 0.269 e. The van der Waals surface area contributed by atoms with Gasteiger partial charge in [0.1, 0.15) is 11.4 Å². The van der Waals surface area contributed by atoms with Crippen LogP contribution in [-0.4, -0.2) is 61.0 Å². The van der Waals surface area contributed by atoms with Gasteiger partial charge in [0.05, 0.1) is 32.1 Å². The predicted octanol–water partition coefficient (Wildman–Crippen LogP) is 3.65. The highest BCUT2D eigenvalue weighted by atomic mass is 79.9. The molecule has 1 saturated heterocycles. The SMILES string of the molecule is COc1ccc(C(CNC(=O)c2cc(-c3ccc(Br)cc3)n[nH]2)N2CCOCC2)cc1. The van der Waals surface area contributed by atoms with Crippen LogP contribution in [0.4, 0.5) is 0 Å². The first kappa shape index (κ1) is 21.5. The van der Waals surface area contributed by atoms with Crippen molar-refractivity contribution in [1.29, 1.82) is 0 Å². The number of hydrogen-bond acceptors (Lipinski definition) is 5. The standard InChI is InChI=1S/C23H25BrN4O3/c1-30-19-8-4-17(5-9-19)22(28-10-12-31-13-11-28)15-25-23(29)21-14-20(26-27-21)16-2-6-18(24)7-3-16/h2-9,14,22H,10-13,15H2,1H3,(H,25,29)(H,26,27). The maximum Gasteiger partial charge on any atom is 0.269 e. The van der Waals surface area contributed by atoms with Gasteiger partial charge in [-0.2, -0.15) is 5.10 Å². The summed E-state index contributed by atoms with van der Waals surface area (Å²) in [6, 6.07) is 17.6. The first-order valence-corrected chi connectivity index (χ1v) is 11.0. The van der Waals surface area contributed by atoms with Gasteiger partial charge in [0.2, 0.25) is 0 Å². The Morgan fingerprint density at radius 2 is 1.90 bits per heavy atom. The molecule has 1 atom stereocenters. The second kappa shape index (κ2) is 10.1. The number of aromatic amines is 1. The Morgan fingerprint density at radius 3 is 2.58 bits per heavy atom. The van der Waals surface area contributed by atoms with Crippen molar-refractivity contribution in [2.45, 2.75) is 6.04 Å². The molecular weight excluding hydrogens is 460 g/mol. The number of rotatable bonds is 7. The third kappa shape index (κ3) is 5.33.